The number of rotatable bonds is 7. The molecule has 0 spiro atoms. The van der Waals surface area contributed by atoms with Gasteiger partial charge in [0.05, 0.1) is 19.8 Å². The predicted molar refractivity (Wildman–Crippen MR) is 118 cm³/mol. The molecule has 0 saturated carbocycles. The molecule has 10 heteroatoms. The molecule has 1 heterocycles. The molecule has 0 aliphatic heterocycles. The fourth-order valence-electron chi connectivity index (χ4n) is 2.84. The Balaban J connectivity index is 1.77. The van der Waals surface area contributed by atoms with Gasteiger partial charge in [0.15, 0.2) is 5.78 Å². The zero-order valence-corrected chi connectivity index (χ0v) is 19.0. The Bertz CT molecular complexity index is 1290. The van der Waals surface area contributed by atoms with Crippen molar-refractivity contribution in [3.63, 3.8) is 0 Å². The second kappa shape index (κ2) is 9.33. The third-order valence-electron chi connectivity index (χ3n) is 4.53. The van der Waals surface area contributed by atoms with Crippen molar-refractivity contribution in [3.05, 3.63) is 81.7 Å². The number of esters is 1. The third-order valence-corrected chi connectivity index (χ3v) is 7.39. The van der Waals surface area contributed by atoms with Gasteiger partial charge in [0.25, 0.3) is 15.9 Å². The highest BCUT2D eigenvalue weighted by atomic mass is 32.2. The van der Waals surface area contributed by atoms with E-state index in [4.69, 9.17) is 4.74 Å². The zero-order valence-electron chi connectivity index (χ0n) is 17.4. The molecule has 8 nitrogen and oxygen atoms in total. The molecule has 0 unspecified atom stereocenters. The first-order valence-corrected chi connectivity index (χ1v) is 11.5. The summed E-state index contributed by atoms with van der Waals surface area (Å²) in [6.07, 6.45) is 0. The summed E-state index contributed by atoms with van der Waals surface area (Å²) in [7, 11) is -1.51. The average molecular weight is 474 g/mol. The number of hydrogen-bond donors (Lipinski definition) is 1. The summed E-state index contributed by atoms with van der Waals surface area (Å²) >= 11 is 0.851. The normalized spacial score (nSPS) is 11.0. The highest BCUT2D eigenvalue weighted by Crippen LogP contribution is 2.26. The molecular weight excluding hydrogens is 454 g/mol. The van der Waals surface area contributed by atoms with E-state index in [0.717, 1.165) is 17.4 Å². The van der Waals surface area contributed by atoms with Gasteiger partial charge in [-0.3, -0.25) is 9.59 Å². The minimum absolute atomic E-state index is 0.0530. The van der Waals surface area contributed by atoms with Gasteiger partial charge in [0.1, 0.15) is 9.96 Å². The molecule has 0 radical (unpaired) electrons. The SMILES string of the molecule is COC(=O)c1cc(S(=O)(=O)NC(=O)c2ccc(C(=O)c3cccc(OC)c3)cc2)sc1C. The Morgan fingerprint density at radius 1 is 0.906 bits per heavy atom. The Hall–Kier alpha value is -3.50. The van der Waals surface area contributed by atoms with Gasteiger partial charge in [-0.05, 0) is 37.3 Å². The van der Waals surface area contributed by atoms with Crippen LogP contribution < -0.4 is 9.46 Å². The van der Waals surface area contributed by atoms with E-state index in [-0.39, 0.29) is 21.1 Å². The molecule has 1 amide bonds. The van der Waals surface area contributed by atoms with Gasteiger partial charge < -0.3 is 9.47 Å². The topological polar surface area (TPSA) is 116 Å². The molecule has 0 aliphatic carbocycles. The van der Waals surface area contributed by atoms with Crippen molar-refractivity contribution in [2.45, 2.75) is 11.1 Å². The van der Waals surface area contributed by atoms with E-state index in [2.05, 4.69) is 4.74 Å². The van der Waals surface area contributed by atoms with E-state index in [1.807, 2.05) is 4.72 Å². The lowest BCUT2D eigenvalue weighted by Gasteiger charge is -2.07. The molecule has 3 rings (SSSR count). The Morgan fingerprint density at radius 2 is 1.56 bits per heavy atom. The second-order valence-electron chi connectivity index (χ2n) is 6.60. The number of thiophene rings is 1. The van der Waals surface area contributed by atoms with Gasteiger partial charge in [-0.25, -0.2) is 17.9 Å². The van der Waals surface area contributed by atoms with E-state index in [0.29, 0.717) is 21.8 Å². The smallest absolute Gasteiger partial charge is 0.339 e. The second-order valence-corrected chi connectivity index (χ2v) is 9.77. The number of aryl methyl sites for hydroxylation is 1. The summed E-state index contributed by atoms with van der Waals surface area (Å²) < 4.78 is 36.7. The van der Waals surface area contributed by atoms with Crippen molar-refractivity contribution < 1.29 is 32.3 Å². The van der Waals surface area contributed by atoms with Crippen LogP contribution in [0.15, 0.2) is 58.8 Å². The maximum Gasteiger partial charge on any atom is 0.339 e. The van der Waals surface area contributed by atoms with Gasteiger partial charge in [0.2, 0.25) is 0 Å². The van der Waals surface area contributed by atoms with Crippen molar-refractivity contribution in [1.82, 2.24) is 4.72 Å². The van der Waals surface area contributed by atoms with Crippen LogP contribution in [0.1, 0.15) is 41.5 Å². The molecule has 1 aromatic heterocycles. The minimum Gasteiger partial charge on any atom is -0.497 e. The molecule has 2 aromatic carbocycles. The predicted octanol–water partition coefficient (Wildman–Crippen LogP) is 3.20. The Morgan fingerprint density at radius 3 is 2.19 bits per heavy atom. The number of amides is 1. The number of methoxy groups -OCH3 is 2. The molecule has 32 heavy (non-hydrogen) atoms. The van der Waals surface area contributed by atoms with Gasteiger partial charge >= 0.3 is 5.97 Å². The van der Waals surface area contributed by atoms with Crippen molar-refractivity contribution in [2.24, 2.45) is 0 Å². The van der Waals surface area contributed by atoms with Crippen LogP contribution in [0.4, 0.5) is 0 Å². The molecule has 0 bridgehead atoms. The van der Waals surface area contributed by atoms with Crippen LogP contribution in [0.5, 0.6) is 5.75 Å². The summed E-state index contributed by atoms with van der Waals surface area (Å²) in [5, 5.41) is 0. The first kappa shape index (κ1) is 23.2. The molecule has 0 aliphatic rings. The van der Waals surface area contributed by atoms with Crippen LogP contribution in [0, 0.1) is 6.92 Å². The largest absolute Gasteiger partial charge is 0.497 e. The maximum atomic E-state index is 12.6. The molecular formula is C22H19NO7S2. The van der Waals surface area contributed by atoms with E-state index >= 15 is 0 Å². The minimum atomic E-state index is -4.20. The molecule has 1 N–H and O–H groups in total. The lowest BCUT2D eigenvalue weighted by molar-refractivity contribution is 0.0600. The van der Waals surface area contributed by atoms with Crippen LogP contribution in [0.25, 0.3) is 0 Å². The number of ketones is 1. The molecule has 3 aromatic rings. The van der Waals surface area contributed by atoms with Gasteiger partial charge in [0, 0.05) is 21.6 Å². The molecule has 0 fully saturated rings. The zero-order chi connectivity index (χ0) is 23.5. The van der Waals surface area contributed by atoms with Crippen molar-refractivity contribution >= 4 is 39.0 Å². The van der Waals surface area contributed by atoms with Crippen LogP contribution in [0.2, 0.25) is 0 Å². The van der Waals surface area contributed by atoms with Gasteiger partial charge in [-0.1, -0.05) is 24.3 Å². The number of carbonyl (C=O) groups excluding carboxylic acids is 3. The van der Waals surface area contributed by atoms with E-state index in [9.17, 15) is 22.8 Å². The van der Waals surface area contributed by atoms with Crippen LogP contribution >= 0.6 is 11.3 Å². The Kier molecular flexibility index (Phi) is 6.75. The number of sulfonamides is 1. The lowest BCUT2D eigenvalue weighted by Crippen LogP contribution is -2.30. The van der Waals surface area contributed by atoms with Crippen LogP contribution in [-0.4, -0.2) is 40.3 Å². The number of ether oxygens (including phenoxy) is 2. The fourth-order valence-corrected chi connectivity index (χ4v) is 5.24. The highest BCUT2D eigenvalue weighted by Gasteiger charge is 2.24. The summed E-state index contributed by atoms with van der Waals surface area (Å²) in [6, 6.07) is 13.4. The average Bonchev–Trinajstić information content (AvgIpc) is 3.20. The lowest BCUT2D eigenvalue weighted by atomic mass is 10.0. The summed E-state index contributed by atoms with van der Waals surface area (Å²) in [6.45, 7) is 1.58. The van der Waals surface area contributed by atoms with Crippen molar-refractivity contribution in [2.75, 3.05) is 14.2 Å². The van der Waals surface area contributed by atoms with Crippen molar-refractivity contribution in [1.29, 1.82) is 0 Å². The van der Waals surface area contributed by atoms with Gasteiger partial charge in [-0.2, -0.15) is 0 Å². The monoisotopic (exact) mass is 473 g/mol. The third kappa shape index (κ3) is 4.87. The summed E-state index contributed by atoms with van der Waals surface area (Å²) in [5.74, 6) is -1.26. The number of carbonyl (C=O) groups is 3. The molecule has 0 saturated heterocycles. The first-order chi connectivity index (χ1) is 15.2. The fraction of sp³-hybridized carbons (Fsp3) is 0.136. The summed E-state index contributed by atoms with van der Waals surface area (Å²) in [5.41, 5.74) is 0.913. The van der Waals surface area contributed by atoms with E-state index in [1.165, 1.54) is 38.5 Å². The quantitative estimate of drug-likeness (QED) is 0.414. The highest BCUT2D eigenvalue weighted by molar-refractivity contribution is 7.92. The first-order valence-electron chi connectivity index (χ1n) is 9.21. The van der Waals surface area contributed by atoms with E-state index < -0.39 is 21.9 Å². The van der Waals surface area contributed by atoms with Crippen LogP contribution in [-0.2, 0) is 14.8 Å². The molecule has 0 atom stereocenters. The van der Waals surface area contributed by atoms with E-state index in [1.54, 1.807) is 31.2 Å². The standard InChI is InChI=1S/C22H19NO7S2/c1-13-18(22(26)30-3)12-19(31-13)32(27,28)23-21(25)15-9-7-14(8-10-15)20(24)16-5-4-6-17(11-16)29-2/h4-12H,1-3H3,(H,23,25). The number of benzene rings is 2. The maximum absolute atomic E-state index is 12.6. The van der Waals surface area contributed by atoms with Gasteiger partial charge in [-0.15, -0.1) is 11.3 Å². The van der Waals surface area contributed by atoms with Crippen molar-refractivity contribution in [3.8, 4) is 5.75 Å². The van der Waals surface area contributed by atoms with Crippen LogP contribution in [0.3, 0.4) is 0 Å². The number of nitrogens with one attached hydrogen (secondary N) is 1. The summed E-state index contributed by atoms with van der Waals surface area (Å²) in [4.78, 5) is 37.3. The number of hydrogen-bond acceptors (Lipinski definition) is 8. The molecule has 166 valence electrons. The Labute approximate surface area is 188 Å².